The number of benzene rings is 1. The number of esters is 1. The smallest absolute Gasteiger partial charge is 0.322 e. The Balaban J connectivity index is 2.04. The molecule has 0 bridgehead atoms. The molecule has 0 unspecified atom stereocenters. The van der Waals surface area contributed by atoms with E-state index in [-0.39, 0.29) is 11.4 Å². The number of carbonyl (C=O) groups excluding carboxylic acids is 1. The van der Waals surface area contributed by atoms with Crippen LogP contribution in [0, 0.1) is 5.41 Å². The molecule has 1 aliphatic carbocycles. The fourth-order valence-electron chi connectivity index (χ4n) is 2.90. The quantitative estimate of drug-likeness (QED) is 0.555. The molecule has 94 valence electrons. The third-order valence-corrected chi connectivity index (χ3v) is 5.47. The largest absolute Gasteiger partial charge is 0.424 e. The number of carbonyl (C=O) groups is 1. The molecule has 1 spiro atoms. The topological polar surface area (TPSA) is 26.3 Å². The zero-order chi connectivity index (χ0) is 12.6. The van der Waals surface area contributed by atoms with Crippen molar-refractivity contribution in [2.24, 2.45) is 5.41 Å². The summed E-state index contributed by atoms with van der Waals surface area (Å²) < 4.78 is 6.69. The minimum atomic E-state index is -0.329. The van der Waals surface area contributed by atoms with E-state index in [0.717, 1.165) is 40.6 Å². The molecule has 1 aromatic rings. The van der Waals surface area contributed by atoms with Gasteiger partial charge in [0, 0.05) is 5.56 Å². The van der Waals surface area contributed by atoms with Crippen molar-refractivity contribution in [2.75, 3.05) is 0 Å². The van der Waals surface area contributed by atoms with Crippen molar-refractivity contribution < 1.29 is 9.53 Å². The van der Waals surface area contributed by atoms with E-state index in [2.05, 4.69) is 22.6 Å². The first-order chi connectivity index (χ1) is 8.74. The minimum absolute atomic E-state index is 0.0366. The molecule has 2 nitrogen and oxygen atoms in total. The van der Waals surface area contributed by atoms with E-state index in [1.807, 2.05) is 30.3 Å². The lowest BCUT2D eigenvalue weighted by Crippen LogP contribution is -2.30. The summed E-state index contributed by atoms with van der Waals surface area (Å²) in [6.07, 6.45) is 5.38. The molecule has 1 aromatic carbocycles. The van der Waals surface area contributed by atoms with Crippen LogP contribution in [0.3, 0.4) is 0 Å². The predicted octanol–water partition coefficient (Wildman–Crippen LogP) is 4.30. The van der Waals surface area contributed by atoms with Crippen LogP contribution in [0.4, 0.5) is 0 Å². The normalized spacial score (nSPS) is 22.4. The van der Waals surface area contributed by atoms with Crippen LogP contribution in [-0.2, 0) is 9.53 Å². The number of hydrogen-bond acceptors (Lipinski definition) is 2. The van der Waals surface area contributed by atoms with E-state index >= 15 is 0 Å². The van der Waals surface area contributed by atoms with Crippen LogP contribution >= 0.6 is 22.6 Å². The molecular formula is C15H15IO2. The highest BCUT2D eigenvalue weighted by atomic mass is 127. The van der Waals surface area contributed by atoms with Crippen LogP contribution in [0.25, 0.3) is 5.76 Å². The molecule has 3 heteroatoms. The average molecular weight is 354 g/mol. The third kappa shape index (κ3) is 1.79. The second-order valence-corrected chi connectivity index (χ2v) is 6.12. The van der Waals surface area contributed by atoms with Crippen LogP contribution in [-0.4, -0.2) is 5.97 Å². The molecule has 3 rings (SSSR count). The molecule has 1 heterocycles. The fraction of sp³-hybridized carbons (Fsp3) is 0.400. The second-order valence-electron chi connectivity index (χ2n) is 5.04. The molecule has 1 aliphatic heterocycles. The molecule has 0 N–H and O–H groups in total. The summed E-state index contributed by atoms with van der Waals surface area (Å²) in [6.45, 7) is 0. The van der Waals surface area contributed by atoms with E-state index in [4.69, 9.17) is 4.74 Å². The Kier molecular flexibility index (Phi) is 3.18. The number of rotatable bonds is 1. The van der Waals surface area contributed by atoms with Crippen LogP contribution in [0.5, 0.6) is 0 Å². The lowest BCUT2D eigenvalue weighted by molar-refractivity contribution is -0.144. The van der Waals surface area contributed by atoms with E-state index in [9.17, 15) is 4.79 Å². The van der Waals surface area contributed by atoms with Crippen molar-refractivity contribution in [1.29, 1.82) is 0 Å². The predicted molar refractivity (Wildman–Crippen MR) is 79.0 cm³/mol. The van der Waals surface area contributed by atoms with Crippen molar-refractivity contribution in [3.8, 4) is 0 Å². The van der Waals surface area contributed by atoms with E-state index in [0.29, 0.717) is 0 Å². The zero-order valence-electron chi connectivity index (χ0n) is 10.1. The highest BCUT2D eigenvalue weighted by molar-refractivity contribution is 14.1. The first-order valence-electron chi connectivity index (χ1n) is 6.42. The van der Waals surface area contributed by atoms with Gasteiger partial charge in [-0.3, -0.25) is 4.79 Å². The van der Waals surface area contributed by atoms with Gasteiger partial charge in [-0.2, -0.15) is 0 Å². The molecule has 1 fully saturated rings. The van der Waals surface area contributed by atoms with Gasteiger partial charge in [0.25, 0.3) is 0 Å². The van der Waals surface area contributed by atoms with E-state index in [1.54, 1.807) is 0 Å². The van der Waals surface area contributed by atoms with Gasteiger partial charge >= 0.3 is 5.97 Å². The summed E-state index contributed by atoms with van der Waals surface area (Å²) in [6, 6.07) is 9.94. The SMILES string of the molecule is O=C1OC(c2ccccc2)=C(I)C12CCCCC2. The Morgan fingerprint density at radius 3 is 2.39 bits per heavy atom. The summed E-state index contributed by atoms with van der Waals surface area (Å²) in [4.78, 5) is 12.3. The standard InChI is InChI=1S/C15H15IO2/c16-13-12(11-7-3-1-4-8-11)18-14(17)15(13)9-5-2-6-10-15/h1,3-4,7-8H,2,5-6,9-10H2. The maximum absolute atomic E-state index is 12.3. The number of cyclic esters (lactones) is 1. The van der Waals surface area contributed by atoms with E-state index < -0.39 is 0 Å². The first-order valence-corrected chi connectivity index (χ1v) is 7.50. The minimum Gasteiger partial charge on any atom is -0.424 e. The van der Waals surface area contributed by atoms with Crippen molar-refractivity contribution in [1.82, 2.24) is 0 Å². The van der Waals surface area contributed by atoms with Gasteiger partial charge in [0.05, 0.1) is 3.58 Å². The molecule has 0 amide bonds. The first kappa shape index (κ1) is 12.2. The van der Waals surface area contributed by atoms with Gasteiger partial charge in [-0.1, -0.05) is 49.6 Å². The van der Waals surface area contributed by atoms with Crippen LogP contribution in [0.15, 0.2) is 33.9 Å². The molecule has 0 atom stereocenters. The van der Waals surface area contributed by atoms with Gasteiger partial charge in [0.1, 0.15) is 11.2 Å². The number of halogens is 1. The molecular weight excluding hydrogens is 339 g/mol. The van der Waals surface area contributed by atoms with Gasteiger partial charge in [0.15, 0.2) is 0 Å². The number of ether oxygens (including phenoxy) is 1. The highest BCUT2D eigenvalue weighted by Gasteiger charge is 2.50. The molecule has 0 radical (unpaired) electrons. The lowest BCUT2D eigenvalue weighted by atomic mass is 9.74. The Hall–Kier alpha value is -0.840. The lowest BCUT2D eigenvalue weighted by Gasteiger charge is -2.29. The summed E-state index contributed by atoms with van der Waals surface area (Å²) in [5.41, 5.74) is 0.682. The van der Waals surface area contributed by atoms with Crippen LogP contribution in [0.2, 0.25) is 0 Å². The fourth-order valence-corrected chi connectivity index (χ4v) is 4.08. The Bertz CT molecular complexity index is 498. The molecule has 0 saturated heterocycles. The molecule has 1 saturated carbocycles. The van der Waals surface area contributed by atoms with Crippen molar-refractivity contribution in [3.05, 3.63) is 39.5 Å². The highest BCUT2D eigenvalue weighted by Crippen LogP contribution is 2.53. The monoisotopic (exact) mass is 354 g/mol. The summed E-state index contributed by atoms with van der Waals surface area (Å²) >= 11 is 2.32. The summed E-state index contributed by atoms with van der Waals surface area (Å²) in [7, 11) is 0. The number of hydrogen-bond donors (Lipinski definition) is 0. The molecule has 18 heavy (non-hydrogen) atoms. The van der Waals surface area contributed by atoms with Crippen LogP contribution < -0.4 is 0 Å². The van der Waals surface area contributed by atoms with Gasteiger partial charge in [-0.25, -0.2) is 0 Å². The van der Waals surface area contributed by atoms with Crippen molar-refractivity contribution in [2.45, 2.75) is 32.1 Å². The maximum atomic E-state index is 12.3. The Morgan fingerprint density at radius 1 is 1.06 bits per heavy atom. The molecule has 2 aliphatic rings. The van der Waals surface area contributed by atoms with Gasteiger partial charge in [-0.05, 0) is 35.4 Å². The van der Waals surface area contributed by atoms with Crippen molar-refractivity contribution >= 4 is 34.3 Å². The third-order valence-electron chi connectivity index (χ3n) is 3.95. The van der Waals surface area contributed by atoms with Gasteiger partial charge in [-0.15, -0.1) is 0 Å². The zero-order valence-corrected chi connectivity index (χ0v) is 12.3. The summed E-state index contributed by atoms with van der Waals surface area (Å²) in [5.74, 6) is 0.744. The van der Waals surface area contributed by atoms with E-state index in [1.165, 1.54) is 6.42 Å². The second kappa shape index (κ2) is 4.68. The van der Waals surface area contributed by atoms with Gasteiger partial charge < -0.3 is 4.74 Å². The average Bonchev–Trinajstić information content (AvgIpc) is 2.66. The van der Waals surface area contributed by atoms with Crippen LogP contribution in [0.1, 0.15) is 37.7 Å². The van der Waals surface area contributed by atoms with Crippen molar-refractivity contribution in [3.63, 3.8) is 0 Å². The van der Waals surface area contributed by atoms with Gasteiger partial charge in [0.2, 0.25) is 0 Å². The maximum Gasteiger partial charge on any atom is 0.322 e. The Morgan fingerprint density at radius 2 is 1.72 bits per heavy atom. The Labute approximate surface area is 121 Å². The molecule has 0 aromatic heterocycles. The summed E-state index contributed by atoms with van der Waals surface area (Å²) in [5, 5.41) is 0.